The van der Waals surface area contributed by atoms with E-state index < -0.39 is 11.5 Å². The lowest BCUT2D eigenvalue weighted by Crippen LogP contribution is -2.50. The first-order valence-corrected chi connectivity index (χ1v) is 7.79. The molecule has 0 amide bonds. The lowest BCUT2D eigenvalue weighted by atomic mass is 9.95. The first-order chi connectivity index (χ1) is 9.08. The van der Waals surface area contributed by atoms with Crippen LogP contribution in [0.1, 0.15) is 58.8 Å². The van der Waals surface area contributed by atoms with Crippen LogP contribution in [0.25, 0.3) is 0 Å². The van der Waals surface area contributed by atoms with Crippen molar-refractivity contribution in [3.63, 3.8) is 0 Å². The molecule has 0 aliphatic carbocycles. The van der Waals surface area contributed by atoms with E-state index in [1.807, 2.05) is 6.92 Å². The maximum absolute atomic E-state index is 11.4. The number of nitrogens with one attached hydrogen (secondary N) is 1. The molecule has 1 heterocycles. The molecule has 0 aromatic rings. The smallest absolute Gasteiger partial charge is 0.323 e. The van der Waals surface area contributed by atoms with Gasteiger partial charge in [-0.3, -0.25) is 4.79 Å². The Morgan fingerprint density at radius 1 is 1.26 bits per heavy atom. The fraction of sp³-hybridized carbons (Fsp3) is 0.933. The van der Waals surface area contributed by atoms with Crippen LogP contribution >= 0.6 is 0 Å². The van der Waals surface area contributed by atoms with Crippen molar-refractivity contribution in [1.29, 1.82) is 0 Å². The molecule has 1 rings (SSSR count). The van der Waals surface area contributed by atoms with Crippen molar-refractivity contribution in [1.82, 2.24) is 10.2 Å². The predicted octanol–water partition coefficient (Wildman–Crippen LogP) is 2.49. The SMILES string of the molecule is CCCNC(C)(CCCN1CCCCCC1)C(=O)O. The first kappa shape index (κ1) is 16.4. The van der Waals surface area contributed by atoms with Crippen LogP contribution in [0.2, 0.25) is 0 Å². The second kappa shape index (κ2) is 8.54. The fourth-order valence-electron chi connectivity index (χ4n) is 2.69. The summed E-state index contributed by atoms with van der Waals surface area (Å²) in [5.74, 6) is -0.725. The van der Waals surface area contributed by atoms with Crippen molar-refractivity contribution in [2.45, 2.75) is 64.3 Å². The maximum Gasteiger partial charge on any atom is 0.323 e. The largest absolute Gasteiger partial charge is 0.480 e. The Hall–Kier alpha value is -0.610. The number of hydrogen-bond donors (Lipinski definition) is 2. The van der Waals surface area contributed by atoms with Crippen LogP contribution in [0.4, 0.5) is 0 Å². The van der Waals surface area contributed by atoms with Crippen molar-refractivity contribution in [2.75, 3.05) is 26.2 Å². The van der Waals surface area contributed by atoms with Gasteiger partial charge < -0.3 is 15.3 Å². The topological polar surface area (TPSA) is 52.6 Å². The number of rotatable bonds is 8. The molecule has 1 aliphatic heterocycles. The standard InChI is InChI=1S/C15H30N2O2/c1-3-10-16-15(2,14(18)19)9-8-13-17-11-6-4-5-7-12-17/h16H,3-13H2,1-2H3,(H,18,19). The van der Waals surface area contributed by atoms with E-state index in [1.165, 1.54) is 38.8 Å². The normalized spacial score (nSPS) is 20.7. The van der Waals surface area contributed by atoms with Gasteiger partial charge >= 0.3 is 5.97 Å². The number of nitrogens with zero attached hydrogens (tertiary/aromatic N) is 1. The number of hydrogen-bond acceptors (Lipinski definition) is 3. The van der Waals surface area contributed by atoms with Gasteiger partial charge in [-0.05, 0) is 65.2 Å². The lowest BCUT2D eigenvalue weighted by Gasteiger charge is -2.28. The average molecular weight is 270 g/mol. The molecular weight excluding hydrogens is 240 g/mol. The van der Waals surface area contributed by atoms with Crippen molar-refractivity contribution >= 4 is 5.97 Å². The van der Waals surface area contributed by atoms with Crippen LogP contribution in [0, 0.1) is 0 Å². The zero-order chi connectivity index (χ0) is 14.1. The number of carboxylic acids is 1. The molecule has 1 unspecified atom stereocenters. The van der Waals surface area contributed by atoms with Crippen molar-refractivity contribution < 1.29 is 9.90 Å². The van der Waals surface area contributed by atoms with E-state index in [9.17, 15) is 9.90 Å². The van der Waals surface area contributed by atoms with E-state index in [0.29, 0.717) is 6.42 Å². The molecule has 0 spiro atoms. The number of carboxylic acid groups (broad SMARTS) is 1. The third kappa shape index (κ3) is 5.91. The minimum atomic E-state index is -0.762. The van der Waals surface area contributed by atoms with E-state index in [-0.39, 0.29) is 0 Å². The van der Waals surface area contributed by atoms with Crippen LogP contribution in [-0.4, -0.2) is 47.7 Å². The second-order valence-corrected chi connectivity index (χ2v) is 5.92. The molecule has 19 heavy (non-hydrogen) atoms. The lowest BCUT2D eigenvalue weighted by molar-refractivity contribution is -0.144. The van der Waals surface area contributed by atoms with Gasteiger partial charge in [-0.15, -0.1) is 0 Å². The molecule has 4 heteroatoms. The molecule has 1 atom stereocenters. The van der Waals surface area contributed by atoms with E-state index in [0.717, 1.165) is 25.9 Å². The molecule has 1 aliphatic rings. The van der Waals surface area contributed by atoms with Gasteiger partial charge in [-0.2, -0.15) is 0 Å². The van der Waals surface area contributed by atoms with Gasteiger partial charge in [0, 0.05) is 0 Å². The van der Waals surface area contributed by atoms with Crippen molar-refractivity contribution in [3.8, 4) is 0 Å². The Morgan fingerprint density at radius 2 is 1.89 bits per heavy atom. The van der Waals surface area contributed by atoms with E-state index >= 15 is 0 Å². The molecular formula is C15H30N2O2. The average Bonchev–Trinajstić information content (AvgIpc) is 2.65. The van der Waals surface area contributed by atoms with E-state index in [2.05, 4.69) is 17.1 Å². The molecule has 0 radical (unpaired) electrons. The van der Waals surface area contributed by atoms with Gasteiger partial charge in [-0.25, -0.2) is 0 Å². The van der Waals surface area contributed by atoms with E-state index in [1.54, 1.807) is 0 Å². The van der Waals surface area contributed by atoms with Gasteiger partial charge in [0.1, 0.15) is 5.54 Å². The highest BCUT2D eigenvalue weighted by atomic mass is 16.4. The molecule has 112 valence electrons. The Balaban J connectivity index is 2.32. The third-order valence-corrected chi connectivity index (χ3v) is 4.09. The van der Waals surface area contributed by atoms with Gasteiger partial charge in [0.25, 0.3) is 0 Å². The molecule has 4 nitrogen and oxygen atoms in total. The maximum atomic E-state index is 11.4. The van der Waals surface area contributed by atoms with E-state index in [4.69, 9.17) is 0 Å². The van der Waals surface area contributed by atoms with Gasteiger partial charge in [0.15, 0.2) is 0 Å². The highest BCUT2D eigenvalue weighted by molar-refractivity contribution is 5.78. The number of aliphatic carboxylic acids is 1. The molecule has 1 saturated heterocycles. The summed E-state index contributed by atoms with van der Waals surface area (Å²) < 4.78 is 0. The highest BCUT2D eigenvalue weighted by Gasteiger charge is 2.31. The van der Waals surface area contributed by atoms with Crippen LogP contribution < -0.4 is 5.32 Å². The monoisotopic (exact) mass is 270 g/mol. The van der Waals surface area contributed by atoms with Crippen LogP contribution in [0.3, 0.4) is 0 Å². The summed E-state index contributed by atoms with van der Waals surface area (Å²) in [5.41, 5.74) is -0.762. The zero-order valence-corrected chi connectivity index (χ0v) is 12.6. The molecule has 0 saturated carbocycles. The minimum absolute atomic E-state index is 0.707. The summed E-state index contributed by atoms with van der Waals surface area (Å²) >= 11 is 0. The summed E-state index contributed by atoms with van der Waals surface area (Å²) in [7, 11) is 0. The highest BCUT2D eigenvalue weighted by Crippen LogP contribution is 2.15. The minimum Gasteiger partial charge on any atom is -0.480 e. The quantitative estimate of drug-likeness (QED) is 0.711. The number of carbonyl (C=O) groups is 1. The fourth-order valence-corrected chi connectivity index (χ4v) is 2.69. The van der Waals surface area contributed by atoms with Crippen molar-refractivity contribution in [2.24, 2.45) is 0 Å². The Morgan fingerprint density at radius 3 is 2.42 bits per heavy atom. The zero-order valence-electron chi connectivity index (χ0n) is 12.6. The Bertz CT molecular complexity index is 263. The van der Waals surface area contributed by atoms with Crippen LogP contribution in [-0.2, 0) is 4.79 Å². The summed E-state index contributed by atoms with van der Waals surface area (Å²) in [6, 6.07) is 0. The number of likely N-dealkylation sites (tertiary alicyclic amines) is 1. The Kier molecular flexibility index (Phi) is 7.39. The van der Waals surface area contributed by atoms with Gasteiger partial charge in [0.2, 0.25) is 0 Å². The second-order valence-electron chi connectivity index (χ2n) is 5.92. The summed E-state index contributed by atoms with van der Waals surface area (Å²) in [4.78, 5) is 13.9. The van der Waals surface area contributed by atoms with Crippen LogP contribution in [0.5, 0.6) is 0 Å². The third-order valence-electron chi connectivity index (χ3n) is 4.09. The molecule has 0 aromatic heterocycles. The Labute approximate surface area is 117 Å². The first-order valence-electron chi connectivity index (χ1n) is 7.79. The van der Waals surface area contributed by atoms with Crippen molar-refractivity contribution in [3.05, 3.63) is 0 Å². The molecule has 0 bridgehead atoms. The molecule has 1 fully saturated rings. The van der Waals surface area contributed by atoms with Gasteiger partial charge in [-0.1, -0.05) is 19.8 Å². The summed E-state index contributed by atoms with van der Waals surface area (Å²) in [5, 5.41) is 12.5. The summed E-state index contributed by atoms with van der Waals surface area (Å²) in [6.45, 7) is 8.06. The van der Waals surface area contributed by atoms with Crippen LogP contribution in [0.15, 0.2) is 0 Å². The molecule has 2 N–H and O–H groups in total. The molecule has 0 aromatic carbocycles. The summed E-state index contributed by atoms with van der Waals surface area (Å²) in [6.07, 6.45) is 7.92. The van der Waals surface area contributed by atoms with Gasteiger partial charge in [0.05, 0.1) is 0 Å². The predicted molar refractivity (Wildman–Crippen MR) is 78.5 cm³/mol.